The number of aryl methyl sites for hydroxylation is 2. The number of rotatable bonds is 17. The van der Waals surface area contributed by atoms with Gasteiger partial charge in [0.25, 0.3) is 0 Å². The predicted octanol–water partition coefficient (Wildman–Crippen LogP) is 9.67. The van der Waals surface area contributed by atoms with E-state index < -0.39 is 18.1 Å². The third-order valence-corrected chi connectivity index (χ3v) is 16.5. The number of aromatic nitrogens is 2. The van der Waals surface area contributed by atoms with Gasteiger partial charge in [0, 0.05) is 74.1 Å². The van der Waals surface area contributed by atoms with Crippen molar-refractivity contribution in [3.8, 4) is 22.3 Å². The van der Waals surface area contributed by atoms with Gasteiger partial charge in [0.05, 0.1) is 38.8 Å². The summed E-state index contributed by atoms with van der Waals surface area (Å²) in [7, 11) is 0. The van der Waals surface area contributed by atoms with Crippen molar-refractivity contribution in [2.75, 3.05) is 44.2 Å². The average molecular weight is 989 g/mol. The average Bonchev–Trinajstić information content (AvgIpc) is 4.10. The standard InChI is InChI=1S/C55H66ClN7O6S/c1-33(2)49(52(67)63-31-41(64)26-44(63)51(66)59-34(3)37-15-17-39(18-16-37)50-35(4)58-32-70-50)46-29-48(60-69-46)62-24-22-61(23-25-62)21-9-10-36-11-13-38(14-12-36)45(65)28-47-54(5,6)53(55(47,7)8)68-42-20-19-40(30-57)43(56)27-42/h11-20,27,29,32-34,41,44,47,49,53,64H,9-10,21-26,28,31H2,1-8H3,(H,59,66)/t34-,41+,44-,47?,49+,53?/m0/s1. The quantitative estimate of drug-likeness (QED) is 0.0853. The minimum absolute atomic E-state index is 0.0707. The first-order chi connectivity index (χ1) is 33.3. The van der Waals surface area contributed by atoms with Gasteiger partial charge in [0.15, 0.2) is 17.4 Å². The number of likely N-dealkylation sites (tertiary alicyclic amines) is 1. The fourth-order valence-corrected chi connectivity index (χ4v) is 12.4. The highest BCUT2D eigenvalue weighted by molar-refractivity contribution is 7.13. The highest BCUT2D eigenvalue weighted by Gasteiger charge is 2.63. The van der Waals surface area contributed by atoms with Crippen molar-refractivity contribution in [1.82, 2.24) is 25.3 Å². The van der Waals surface area contributed by atoms with Gasteiger partial charge in [-0.15, -0.1) is 11.3 Å². The van der Waals surface area contributed by atoms with Crippen molar-refractivity contribution in [2.24, 2.45) is 22.7 Å². The number of halogens is 1. The van der Waals surface area contributed by atoms with Crippen LogP contribution in [0.15, 0.2) is 82.8 Å². The number of carbonyl (C=O) groups is 3. The molecule has 370 valence electrons. The van der Waals surface area contributed by atoms with Crippen LogP contribution in [0.4, 0.5) is 5.82 Å². The Morgan fingerprint density at radius 3 is 2.31 bits per heavy atom. The van der Waals surface area contributed by atoms with Gasteiger partial charge in [-0.2, -0.15) is 5.26 Å². The zero-order valence-electron chi connectivity index (χ0n) is 41.6. The number of benzene rings is 3. The van der Waals surface area contributed by atoms with Crippen LogP contribution in [0.5, 0.6) is 5.75 Å². The molecule has 0 radical (unpaired) electrons. The van der Waals surface area contributed by atoms with Crippen LogP contribution in [-0.4, -0.2) is 100 Å². The van der Waals surface area contributed by atoms with Crippen molar-refractivity contribution < 1.29 is 28.8 Å². The van der Waals surface area contributed by atoms with Gasteiger partial charge in [-0.1, -0.05) is 107 Å². The third kappa shape index (κ3) is 10.7. The number of hydrogen-bond acceptors (Lipinski definition) is 12. The fraction of sp³-hybridized carbons (Fsp3) is 0.491. The van der Waals surface area contributed by atoms with E-state index >= 15 is 0 Å². The molecule has 0 bridgehead atoms. The van der Waals surface area contributed by atoms with Crippen molar-refractivity contribution >= 4 is 46.4 Å². The highest BCUT2D eigenvalue weighted by atomic mass is 35.5. The predicted molar refractivity (Wildman–Crippen MR) is 273 cm³/mol. The minimum Gasteiger partial charge on any atom is -0.489 e. The number of aliphatic hydroxyl groups is 1. The number of β-amino-alcohol motifs (C(OH)–C–C–N with tert-alkyl or cyclic N) is 1. The molecule has 2 amide bonds. The Kier molecular flexibility index (Phi) is 15.2. The second-order valence-electron chi connectivity index (χ2n) is 21.0. The van der Waals surface area contributed by atoms with E-state index in [1.165, 1.54) is 10.5 Å². The van der Waals surface area contributed by atoms with Crippen LogP contribution < -0.4 is 15.0 Å². The maximum Gasteiger partial charge on any atom is 0.243 e. The second kappa shape index (κ2) is 21.0. The van der Waals surface area contributed by atoms with Crippen LogP contribution in [0, 0.1) is 40.9 Å². The van der Waals surface area contributed by atoms with Crippen LogP contribution in [0.2, 0.25) is 5.02 Å². The molecule has 8 rings (SSSR count). The normalized spacial score (nSPS) is 21.7. The molecule has 1 saturated carbocycles. The Hall–Kier alpha value is -5.59. The molecule has 2 aliphatic heterocycles. The number of hydrogen-bond donors (Lipinski definition) is 2. The van der Waals surface area contributed by atoms with Gasteiger partial charge in [-0.25, -0.2) is 4.98 Å². The Balaban J connectivity index is 0.788. The van der Waals surface area contributed by atoms with Gasteiger partial charge in [0.2, 0.25) is 11.8 Å². The van der Waals surface area contributed by atoms with E-state index in [0.29, 0.717) is 34.3 Å². The van der Waals surface area contributed by atoms with E-state index in [0.717, 1.165) is 72.8 Å². The molecule has 3 aromatic carbocycles. The van der Waals surface area contributed by atoms with Gasteiger partial charge >= 0.3 is 0 Å². The molecule has 2 N–H and O–H groups in total. The van der Waals surface area contributed by atoms with Gasteiger partial charge in [0.1, 0.15) is 29.9 Å². The molecule has 3 aliphatic rings. The largest absolute Gasteiger partial charge is 0.489 e. The minimum atomic E-state index is -0.813. The van der Waals surface area contributed by atoms with E-state index in [1.54, 1.807) is 29.5 Å². The molecule has 2 saturated heterocycles. The van der Waals surface area contributed by atoms with Crippen LogP contribution in [0.3, 0.4) is 0 Å². The van der Waals surface area contributed by atoms with Crippen LogP contribution in [0.1, 0.15) is 118 Å². The van der Waals surface area contributed by atoms with Gasteiger partial charge in [-0.3, -0.25) is 19.3 Å². The maximum absolute atomic E-state index is 14.3. The zero-order chi connectivity index (χ0) is 50.1. The first-order valence-corrected chi connectivity index (χ1v) is 25.8. The molecule has 0 unspecified atom stereocenters. The topological polar surface area (TPSA) is 165 Å². The number of nitrogens with zero attached hydrogens (tertiary/aromatic N) is 6. The van der Waals surface area contributed by atoms with Crippen molar-refractivity contribution in [2.45, 2.75) is 111 Å². The van der Waals surface area contributed by atoms with Crippen molar-refractivity contribution in [1.29, 1.82) is 5.26 Å². The lowest BCUT2D eigenvalue weighted by molar-refractivity contribution is -0.196. The summed E-state index contributed by atoms with van der Waals surface area (Å²) in [6.45, 7) is 20.7. The molecule has 0 spiro atoms. The number of amides is 2. The number of thiazole rings is 1. The van der Waals surface area contributed by atoms with E-state index in [9.17, 15) is 24.8 Å². The summed E-state index contributed by atoms with van der Waals surface area (Å²) >= 11 is 7.87. The molecule has 15 heteroatoms. The molecular weight excluding hydrogens is 922 g/mol. The molecular formula is C55H66ClN7O6S. The monoisotopic (exact) mass is 987 g/mol. The molecule has 3 fully saturated rings. The van der Waals surface area contributed by atoms with E-state index in [-0.39, 0.29) is 65.4 Å². The number of nitrogens with one attached hydrogen (secondary N) is 1. The maximum atomic E-state index is 14.3. The molecule has 4 atom stereocenters. The summed E-state index contributed by atoms with van der Waals surface area (Å²) in [5, 5.41) is 27.9. The van der Waals surface area contributed by atoms with Gasteiger partial charge in [-0.05, 0) is 73.9 Å². The molecule has 5 aromatic rings. The van der Waals surface area contributed by atoms with Crippen LogP contribution in [0.25, 0.3) is 10.4 Å². The summed E-state index contributed by atoms with van der Waals surface area (Å²) < 4.78 is 12.3. The number of anilines is 1. The number of ether oxygens (including phenoxy) is 1. The fourth-order valence-electron chi connectivity index (χ4n) is 11.4. The zero-order valence-corrected chi connectivity index (χ0v) is 43.1. The number of aliphatic hydroxyl groups excluding tert-OH is 1. The number of piperazine rings is 1. The Bertz CT molecular complexity index is 2690. The SMILES string of the molecule is Cc1ncsc1-c1ccc([C@H](C)NC(=O)[C@@H]2C[C@@H](O)CN2C(=O)[C@@H](c2cc(N3CCN(CCCc4ccc(C(=O)CC5C(C)(C)C(Oc6ccc(C#N)c(Cl)c6)C5(C)C)cc4)CC3)no2)C(C)C)cc1. The summed E-state index contributed by atoms with van der Waals surface area (Å²) in [4.78, 5) is 53.3. The molecule has 4 heterocycles. The third-order valence-electron chi connectivity index (χ3n) is 15.2. The van der Waals surface area contributed by atoms with Crippen molar-refractivity contribution in [3.05, 3.63) is 117 Å². The van der Waals surface area contributed by atoms with Crippen LogP contribution >= 0.6 is 22.9 Å². The Morgan fingerprint density at radius 2 is 1.69 bits per heavy atom. The Morgan fingerprint density at radius 1 is 0.986 bits per heavy atom. The van der Waals surface area contributed by atoms with Crippen LogP contribution in [-0.2, 0) is 16.0 Å². The van der Waals surface area contributed by atoms with Crippen molar-refractivity contribution in [3.63, 3.8) is 0 Å². The smallest absolute Gasteiger partial charge is 0.243 e. The number of ketones is 1. The first-order valence-electron chi connectivity index (χ1n) is 24.6. The number of Topliss-reactive ketones (excluding diaryl/α,β-unsaturated/α-hetero) is 1. The summed E-state index contributed by atoms with van der Waals surface area (Å²) in [5.74, 6) is 0.645. The number of carbonyl (C=O) groups excluding carboxylic acids is 3. The first kappa shape index (κ1) is 50.8. The lowest BCUT2D eigenvalue weighted by Crippen LogP contribution is -2.66. The molecule has 1 aliphatic carbocycles. The van der Waals surface area contributed by atoms with Gasteiger partial charge < -0.3 is 29.5 Å². The van der Waals surface area contributed by atoms with E-state index in [2.05, 4.69) is 71.2 Å². The second-order valence-corrected chi connectivity index (χ2v) is 22.3. The summed E-state index contributed by atoms with van der Waals surface area (Å²) in [5.41, 5.74) is 6.67. The lowest BCUT2D eigenvalue weighted by atomic mass is 9.44. The summed E-state index contributed by atoms with van der Waals surface area (Å²) in [6.07, 6.45) is 1.55. The number of nitriles is 1. The lowest BCUT2D eigenvalue weighted by Gasteiger charge is -2.63. The molecule has 13 nitrogen and oxygen atoms in total. The van der Waals surface area contributed by atoms with E-state index in [1.807, 2.05) is 75.7 Å². The highest BCUT2D eigenvalue weighted by Crippen LogP contribution is 2.62. The Labute approximate surface area is 421 Å². The summed E-state index contributed by atoms with van der Waals surface area (Å²) in [6, 6.07) is 24.1. The molecule has 2 aromatic heterocycles. The van der Waals surface area contributed by atoms with E-state index in [4.69, 9.17) is 20.9 Å². The molecule has 70 heavy (non-hydrogen) atoms.